The molecule has 0 aliphatic carbocycles. The number of hydrogen-bond donors (Lipinski definition) is 2. The van der Waals surface area contributed by atoms with Gasteiger partial charge in [-0.25, -0.2) is 14.2 Å². The molecule has 0 saturated heterocycles. The Bertz CT molecular complexity index is 1650. The van der Waals surface area contributed by atoms with E-state index in [2.05, 4.69) is 5.32 Å². The van der Waals surface area contributed by atoms with Crippen LogP contribution < -0.4 is 22.0 Å². The molecule has 11 heteroatoms. The summed E-state index contributed by atoms with van der Waals surface area (Å²) in [5, 5.41) is 3.41. The minimum Gasteiger partial charge on any atom is -0.402 e. The molecule has 1 unspecified atom stereocenters. The van der Waals surface area contributed by atoms with Crippen LogP contribution in [0.1, 0.15) is 38.3 Å². The Morgan fingerprint density at radius 1 is 1.15 bits per heavy atom. The zero-order valence-electron chi connectivity index (χ0n) is 24.7. The highest BCUT2D eigenvalue weighted by Crippen LogP contribution is 2.54. The fraction of sp³-hybridized carbons (Fsp3) is 0.367. The maximum atomic E-state index is 14.4. The third-order valence-electron chi connectivity index (χ3n) is 7.76. The van der Waals surface area contributed by atoms with Crippen LogP contribution in [-0.4, -0.2) is 58.2 Å². The molecule has 1 aromatic heterocycles. The second-order valence-electron chi connectivity index (χ2n) is 11.5. The molecular formula is C30H38FN6O3P. The van der Waals surface area contributed by atoms with Gasteiger partial charge in [-0.05, 0) is 62.0 Å². The van der Waals surface area contributed by atoms with Gasteiger partial charge in [0.25, 0.3) is 0 Å². The van der Waals surface area contributed by atoms with Crippen LogP contribution in [0.3, 0.4) is 0 Å². The molecule has 1 atom stereocenters. The molecule has 0 spiro atoms. The van der Waals surface area contributed by atoms with Crippen LogP contribution in [0.15, 0.2) is 63.8 Å². The molecule has 0 fully saturated rings. The van der Waals surface area contributed by atoms with Crippen molar-refractivity contribution < 1.29 is 13.8 Å². The lowest BCUT2D eigenvalue weighted by molar-refractivity contribution is -0.117. The van der Waals surface area contributed by atoms with E-state index >= 15 is 0 Å². The molecule has 1 amide bonds. The van der Waals surface area contributed by atoms with E-state index in [9.17, 15) is 18.5 Å². The largest absolute Gasteiger partial charge is 0.402 e. The molecule has 1 aliphatic heterocycles. The van der Waals surface area contributed by atoms with E-state index in [1.54, 1.807) is 75.2 Å². The van der Waals surface area contributed by atoms with E-state index in [0.717, 1.165) is 6.41 Å². The number of nitrogens with one attached hydrogen (secondary N) is 1. The highest BCUT2D eigenvalue weighted by molar-refractivity contribution is 7.72. The number of anilines is 1. The second-order valence-corrected chi connectivity index (χ2v) is 15.2. The molecule has 2 heterocycles. The van der Waals surface area contributed by atoms with Crippen LogP contribution in [-0.2, 0) is 9.36 Å². The van der Waals surface area contributed by atoms with E-state index in [-0.39, 0.29) is 18.2 Å². The van der Waals surface area contributed by atoms with Gasteiger partial charge in [0.15, 0.2) is 0 Å². The first-order valence-corrected chi connectivity index (χ1v) is 15.6. The highest BCUT2D eigenvalue weighted by Gasteiger charge is 2.35. The molecule has 3 N–H and O–H groups in total. The first-order valence-electron chi connectivity index (χ1n) is 13.4. The van der Waals surface area contributed by atoms with E-state index in [1.807, 2.05) is 20.8 Å². The van der Waals surface area contributed by atoms with E-state index < -0.39 is 18.0 Å². The quantitative estimate of drug-likeness (QED) is 0.193. The summed E-state index contributed by atoms with van der Waals surface area (Å²) in [6.07, 6.45) is 4.40. The van der Waals surface area contributed by atoms with Crippen LogP contribution >= 0.6 is 7.14 Å². The van der Waals surface area contributed by atoms with Crippen molar-refractivity contribution in [2.45, 2.75) is 46.2 Å². The number of nitrogens with zero attached hydrogens (tertiary/aromatic N) is 4. The predicted octanol–water partition coefficient (Wildman–Crippen LogP) is 4.51. The number of carbonyl (C=O) groups excluding carboxylic acids is 1. The molecule has 2 aromatic carbocycles. The van der Waals surface area contributed by atoms with Crippen molar-refractivity contribution in [3.05, 3.63) is 81.4 Å². The molecular weight excluding hydrogens is 542 g/mol. The van der Waals surface area contributed by atoms with Crippen molar-refractivity contribution in [2.24, 2.45) is 10.7 Å². The zero-order valence-corrected chi connectivity index (χ0v) is 25.6. The summed E-state index contributed by atoms with van der Waals surface area (Å²) in [6.45, 7) is 11.6. The van der Waals surface area contributed by atoms with Crippen LogP contribution in [0.2, 0.25) is 0 Å². The van der Waals surface area contributed by atoms with Gasteiger partial charge in [0.05, 0.1) is 17.9 Å². The Morgan fingerprint density at radius 3 is 2.39 bits per heavy atom. The van der Waals surface area contributed by atoms with Gasteiger partial charge in [-0.2, -0.15) is 0 Å². The third-order valence-corrected chi connectivity index (χ3v) is 11.6. The third kappa shape index (κ3) is 5.66. The fourth-order valence-corrected chi connectivity index (χ4v) is 6.54. The number of aryl methyl sites for hydroxylation is 2. The molecule has 218 valence electrons. The highest BCUT2D eigenvalue weighted by atomic mass is 31.2. The number of aromatic nitrogens is 2. The van der Waals surface area contributed by atoms with Gasteiger partial charge in [-0.3, -0.25) is 13.9 Å². The first kappa shape index (κ1) is 30.1. The first-order chi connectivity index (χ1) is 19.2. The lowest BCUT2D eigenvalue weighted by atomic mass is 10.1. The lowest BCUT2D eigenvalue weighted by Crippen LogP contribution is -2.39. The van der Waals surface area contributed by atoms with Crippen molar-refractivity contribution >= 4 is 36.1 Å². The predicted molar refractivity (Wildman–Crippen MR) is 164 cm³/mol. The minimum absolute atomic E-state index is 0.183. The van der Waals surface area contributed by atoms with Gasteiger partial charge in [0.1, 0.15) is 18.8 Å². The van der Waals surface area contributed by atoms with Gasteiger partial charge in [0.2, 0.25) is 6.41 Å². The average molecular weight is 581 g/mol. The van der Waals surface area contributed by atoms with E-state index in [1.165, 1.54) is 9.13 Å². The topological polar surface area (TPSA) is 115 Å². The summed E-state index contributed by atoms with van der Waals surface area (Å²) >= 11 is 0. The van der Waals surface area contributed by atoms with E-state index in [0.29, 0.717) is 57.7 Å². The molecule has 9 nitrogen and oxygen atoms in total. The van der Waals surface area contributed by atoms with Gasteiger partial charge >= 0.3 is 5.69 Å². The van der Waals surface area contributed by atoms with Crippen molar-refractivity contribution in [2.75, 3.05) is 32.1 Å². The van der Waals surface area contributed by atoms with Crippen molar-refractivity contribution in [3.63, 3.8) is 0 Å². The summed E-state index contributed by atoms with van der Waals surface area (Å²) in [5.74, 6) is -0.0522. The van der Waals surface area contributed by atoms with Crippen molar-refractivity contribution in [1.82, 2.24) is 14.0 Å². The number of rotatable bonds is 6. The number of aliphatic imine (C=N–C) groups is 1. The minimum atomic E-state index is -2.76. The molecule has 41 heavy (non-hydrogen) atoms. The van der Waals surface area contributed by atoms with E-state index in [4.69, 9.17) is 10.7 Å². The molecule has 0 saturated carbocycles. The van der Waals surface area contributed by atoms with Gasteiger partial charge < -0.3 is 20.5 Å². The van der Waals surface area contributed by atoms with Gasteiger partial charge in [0, 0.05) is 59.8 Å². The van der Waals surface area contributed by atoms with Crippen LogP contribution in [0.4, 0.5) is 15.8 Å². The summed E-state index contributed by atoms with van der Waals surface area (Å²) in [7, 11) is -0.998. The van der Waals surface area contributed by atoms with Crippen LogP contribution in [0, 0.1) is 19.7 Å². The second kappa shape index (κ2) is 11.2. The maximum Gasteiger partial charge on any atom is 0.338 e. The van der Waals surface area contributed by atoms with Crippen molar-refractivity contribution in [3.8, 4) is 5.69 Å². The number of hydrogen-bond acceptors (Lipinski definition) is 6. The molecule has 4 rings (SSSR count). The SMILES string of the molecule is CNc1cc(-n2ccn(C(=Nc3cc(C)c(F)c(C)c3)C3=C(N)CCN(C=O)C3)c2=O)ccc1P(C)(=O)C(C)(C)C. The fourth-order valence-electron chi connectivity index (χ4n) is 4.82. The summed E-state index contributed by atoms with van der Waals surface area (Å²) in [4.78, 5) is 31.9. The number of carbonyl (C=O) groups is 1. The number of benzene rings is 2. The van der Waals surface area contributed by atoms with Crippen LogP contribution in [0.25, 0.3) is 5.69 Å². The Hall–Kier alpha value is -3.91. The summed E-state index contributed by atoms with van der Waals surface area (Å²) < 4.78 is 30.9. The number of amides is 1. The molecule has 3 aromatic rings. The maximum absolute atomic E-state index is 14.4. The summed E-state index contributed by atoms with van der Waals surface area (Å²) in [5.41, 5.74) is 9.64. The standard InChI is InChI=1S/C30H38FN6O3P/c1-19-14-21(15-20(2)27(19)31)34-28(23-17-35(18-38)11-10-24(23)32)37-13-12-36(29(37)39)22-8-9-26(25(16-22)33-6)41(7,40)30(3,4)5/h8-9,12-16,18,33H,10-11,17,32H2,1-7H3. The Kier molecular flexibility index (Phi) is 8.18. The Morgan fingerprint density at radius 2 is 1.80 bits per heavy atom. The zero-order chi connectivity index (χ0) is 30.3. The van der Waals surface area contributed by atoms with Crippen molar-refractivity contribution in [1.29, 1.82) is 0 Å². The van der Waals surface area contributed by atoms with Crippen LogP contribution in [0.5, 0.6) is 0 Å². The Labute approximate surface area is 239 Å². The number of nitrogens with two attached hydrogens (primary N) is 1. The number of halogens is 1. The monoisotopic (exact) mass is 580 g/mol. The number of imidazole rings is 1. The average Bonchev–Trinajstić information content (AvgIpc) is 3.30. The normalized spacial score (nSPS) is 16.1. The summed E-state index contributed by atoms with van der Waals surface area (Å²) in [6, 6.07) is 8.60. The van der Waals surface area contributed by atoms with Gasteiger partial charge in [-0.15, -0.1) is 0 Å². The Balaban J connectivity index is 1.89. The molecule has 0 bridgehead atoms. The molecule has 0 radical (unpaired) electrons. The van der Waals surface area contributed by atoms with Gasteiger partial charge in [-0.1, -0.05) is 20.8 Å². The smallest absolute Gasteiger partial charge is 0.338 e. The lowest BCUT2D eigenvalue weighted by Gasteiger charge is -2.30. The molecule has 1 aliphatic rings.